The van der Waals surface area contributed by atoms with Crippen LogP contribution in [0.1, 0.15) is 5.69 Å². The summed E-state index contributed by atoms with van der Waals surface area (Å²) in [4.78, 5) is 0. The summed E-state index contributed by atoms with van der Waals surface area (Å²) >= 11 is 6.42. The predicted octanol–water partition coefficient (Wildman–Crippen LogP) is 4.11. The maximum Gasteiger partial charge on any atom is 0.0563 e. The van der Waals surface area contributed by atoms with Crippen LogP contribution in [0.4, 0.5) is 0 Å². The van der Waals surface area contributed by atoms with E-state index in [-0.39, 0.29) is 0 Å². The van der Waals surface area contributed by atoms with Crippen LogP contribution in [0.25, 0.3) is 22.0 Å². The van der Waals surface area contributed by atoms with Crippen molar-refractivity contribution in [1.82, 2.24) is 9.88 Å². The van der Waals surface area contributed by atoms with Gasteiger partial charge in [0.2, 0.25) is 0 Å². The molecule has 2 heterocycles. The molecule has 0 saturated carbocycles. The quantitative estimate of drug-likeness (QED) is 0.715. The van der Waals surface area contributed by atoms with Gasteiger partial charge < -0.3 is 9.88 Å². The Bertz CT molecular complexity index is 804. The molecule has 0 radical (unpaired) electrons. The molecule has 0 atom stereocenters. The Morgan fingerprint density at radius 3 is 2.71 bits per heavy atom. The third-order valence-corrected chi connectivity index (χ3v) is 4.57. The van der Waals surface area contributed by atoms with Crippen LogP contribution in [0.5, 0.6) is 0 Å². The summed E-state index contributed by atoms with van der Waals surface area (Å²) in [6.07, 6.45) is 1.08. The molecule has 0 spiro atoms. The molecule has 1 N–H and O–H groups in total. The van der Waals surface area contributed by atoms with Crippen molar-refractivity contribution in [2.45, 2.75) is 13.0 Å². The van der Waals surface area contributed by atoms with Gasteiger partial charge in [0.1, 0.15) is 0 Å². The van der Waals surface area contributed by atoms with Crippen LogP contribution in [0.15, 0.2) is 48.5 Å². The number of fused-ring (bicyclic) bond motifs is 3. The van der Waals surface area contributed by atoms with E-state index >= 15 is 0 Å². The summed E-state index contributed by atoms with van der Waals surface area (Å²) in [6, 6.07) is 16.9. The Hall–Kier alpha value is -1.77. The molecular formula is C18H17ClN2. The third kappa shape index (κ3) is 2.15. The maximum atomic E-state index is 6.42. The van der Waals surface area contributed by atoms with E-state index in [0.717, 1.165) is 36.6 Å². The minimum absolute atomic E-state index is 0.812. The SMILES string of the molecule is Clc1ccccc1-c1cccc2cc3n(c12)CCNCC3. The van der Waals surface area contributed by atoms with E-state index in [1.54, 1.807) is 0 Å². The van der Waals surface area contributed by atoms with Crippen LogP contribution >= 0.6 is 11.6 Å². The Morgan fingerprint density at radius 2 is 1.81 bits per heavy atom. The molecule has 21 heavy (non-hydrogen) atoms. The van der Waals surface area contributed by atoms with Gasteiger partial charge in [-0.2, -0.15) is 0 Å². The topological polar surface area (TPSA) is 17.0 Å². The summed E-state index contributed by atoms with van der Waals surface area (Å²) in [6.45, 7) is 3.09. The van der Waals surface area contributed by atoms with Gasteiger partial charge in [-0.15, -0.1) is 0 Å². The van der Waals surface area contributed by atoms with E-state index in [9.17, 15) is 0 Å². The van der Waals surface area contributed by atoms with Gasteiger partial charge in [0, 0.05) is 53.3 Å². The van der Waals surface area contributed by atoms with E-state index < -0.39 is 0 Å². The number of nitrogens with zero attached hydrogens (tertiary/aromatic N) is 1. The van der Waals surface area contributed by atoms with Crippen molar-refractivity contribution in [1.29, 1.82) is 0 Å². The smallest absolute Gasteiger partial charge is 0.0563 e. The molecule has 0 unspecified atom stereocenters. The van der Waals surface area contributed by atoms with Crippen molar-refractivity contribution in [3.63, 3.8) is 0 Å². The van der Waals surface area contributed by atoms with Crippen LogP contribution in [-0.4, -0.2) is 17.7 Å². The predicted molar refractivity (Wildman–Crippen MR) is 89.0 cm³/mol. The number of hydrogen-bond acceptors (Lipinski definition) is 1. The fourth-order valence-electron chi connectivity index (χ4n) is 3.27. The molecule has 0 aliphatic carbocycles. The number of hydrogen-bond donors (Lipinski definition) is 1. The highest BCUT2D eigenvalue weighted by molar-refractivity contribution is 6.33. The summed E-state index contributed by atoms with van der Waals surface area (Å²) in [5.41, 5.74) is 5.06. The Kier molecular flexibility index (Phi) is 3.21. The molecule has 2 nitrogen and oxygen atoms in total. The number of benzene rings is 2. The molecule has 1 aromatic heterocycles. The number of aromatic nitrogens is 1. The van der Waals surface area contributed by atoms with Gasteiger partial charge in [-0.1, -0.05) is 48.0 Å². The maximum absolute atomic E-state index is 6.42. The fourth-order valence-corrected chi connectivity index (χ4v) is 3.51. The van der Waals surface area contributed by atoms with Gasteiger partial charge in [-0.05, 0) is 12.1 Å². The van der Waals surface area contributed by atoms with Crippen molar-refractivity contribution in [3.05, 3.63) is 59.2 Å². The van der Waals surface area contributed by atoms with E-state index in [1.807, 2.05) is 18.2 Å². The van der Waals surface area contributed by atoms with Gasteiger partial charge in [-0.3, -0.25) is 0 Å². The minimum atomic E-state index is 0.812. The molecule has 1 aliphatic heterocycles. The highest BCUT2D eigenvalue weighted by Crippen LogP contribution is 2.35. The second kappa shape index (κ2) is 5.21. The largest absolute Gasteiger partial charge is 0.343 e. The van der Waals surface area contributed by atoms with Gasteiger partial charge >= 0.3 is 0 Å². The standard InChI is InChI=1S/C18H17ClN2/c19-17-7-2-1-5-15(17)16-6-3-4-13-12-14-8-9-20-10-11-21(14)18(13)16/h1-7,12,20H,8-11H2. The van der Waals surface area contributed by atoms with Crippen LogP contribution < -0.4 is 5.32 Å². The average Bonchev–Trinajstić information content (AvgIpc) is 2.70. The molecule has 0 fully saturated rings. The molecule has 0 amide bonds. The van der Waals surface area contributed by atoms with E-state index in [4.69, 9.17) is 11.6 Å². The highest BCUT2D eigenvalue weighted by Gasteiger charge is 2.16. The van der Waals surface area contributed by atoms with E-state index in [0.29, 0.717) is 0 Å². The van der Waals surface area contributed by atoms with Crippen molar-refractivity contribution in [2.75, 3.05) is 13.1 Å². The number of nitrogens with one attached hydrogen (secondary N) is 1. The normalized spacial score (nSPS) is 14.9. The lowest BCUT2D eigenvalue weighted by molar-refractivity contribution is 0.658. The monoisotopic (exact) mass is 296 g/mol. The third-order valence-electron chi connectivity index (χ3n) is 4.24. The zero-order chi connectivity index (χ0) is 14.2. The molecule has 106 valence electrons. The fraction of sp³-hybridized carbons (Fsp3) is 0.222. The van der Waals surface area contributed by atoms with Crippen LogP contribution in [0, 0.1) is 0 Å². The molecule has 0 bridgehead atoms. The van der Waals surface area contributed by atoms with Crippen molar-refractivity contribution in [2.24, 2.45) is 0 Å². The van der Waals surface area contributed by atoms with Crippen LogP contribution in [0.3, 0.4) is 0 Å². The first-order valence-electron chi connectivity index (χ1n) is 7.41. The first kappa shape index (κ1) is 12.9. The van der Waals surface area contributed by atoms with Gasteiger partial charge in [0.25, 0.3) is 0 Å². The second-order valence-electron chi connectivity index (χ2n) is 5.51. The van der Waals surface area contributed by atoms with E-state index in [2.05, 4.69) is 40.2 Å². The lowest BCUT2D eigenvalue weighted by Gasteiger charge is -2.12. The van der Waals surface area contributed by atoms with Gasteiger partial charge in [0.05, 0.1) is 5.52 Å². The van der Waals surface area contributed by atoms with Crippen molar-refractivity contribution in [3.8, 4) is 11.1 Å². The summed E-state index contributed by atoms with van der Waals surface area (Å²) in [7, 11) is 0. The molecule has 3 aromatic rings. The first-order valence-corrected chi connectivity index (χ1v) is 7.79. The lowest BCUT2D eigenvalue weighted by atomic mass is 10.0. The van der Waals surface area contributed by atoms with Gasteiger partial charge in [0.15, 0.2) is 0 Å². The summed E-state index contributed by atoms with van der Waals surface area (Å²) in [5, 5.41) is 5.59. The first-order chi connectivity index (χ1) is 10.3. The Morgan fingerprint density at radius 1 is 0.952 bits per heavy atom. The van der Waals surface area contributed by atoms with Crippen molar-refractivity contribution >= 4 is 22.5 Å². The molecule has 0 saturated heterocycles. The highest BCUT2D eigenvalue weighted by atomic mass is 35.5. The average molecular weight is 297 g/mol. The molecule has 4 rings (SSSR count). The lowest BCUT2D eigenvalue weighted by Crippen LogP contribution is -2.17. The van der Waals surface area contributed by atoms with Crippen LogP contribution in [0.2, 0.25) is 5.02 Å². The zero-order valence-electron chi connectivity index (χ0n) is 11.8. The Balaban J connectivity index is 2.02. The molecule has 2 aromatic carbocycles. The summed E-state index contributed by atoms with van der Waals surface area (Å²) < 4.78 is 2.45. The number of para-hydroxylation sites is 1. The van der Waals surface area contributed by atoms with Gasteiger partial charge in [-0.25, -0.2) is 0 Å². The number of halogens is 1. The molecule has 1 aliphatic rings. The van der Waals surface area contributed by atoms with Crippen LogP contribution in [-0.2, 0) is 13.0 Å². The van der Waals surface area contributed by atoms with E-state index in [1.165, 1.54) is 22.2 Å². The molecular weight excluding hydrogens is 280 g/mol. The second-order valence-corrected chi connectivity index (χ2v) is 5.92. The minimum Gasteiger partial charge on any atom is -0.343 e. The Labute approximate surface area is 129 Å². The van der Waals surface area contributed by atoms with Crippen molar-refractivity contribution < 1.29 is 0 Å². The summed E-state index contributed by atoms with van der Waals surface area (Å²) in [5.74, 6) is 0. The molecule has 3 heteroatoms. The number of rotatable bonds is 1. The zero-order valence-corrected chi connectivity index (χ0v) is 12.5.